The largest absolute Gasteiger partial charge is 0.360 e. The van der Waals surface area contributed by atoms with Crippen LogP contribution in [0.25, 0.3) is 11.3 Å². The molecule has 0 amide bonds. The summed E-state index contributed by atoms with van der Waals surface area (Å²) in [6.07, 6.45) is 6.04. The van der Waals surface area contributed by atoms with Gasteiger partial charge in [-0.05, 0) is 24.6 Å². The van der Waals surface area contributed by atoms with Crippen molar-refractivity contribution in [3.8, 4) is 11.3 Å². The molecule has 0 aliphatic carbocycles. The fourth-order valence-corrected chi connectivity index (χ4v) is 1.45. The van der Waals surface area contributed by atoms with Crippen LogP contribution in [0, 0.1) is 6.92 Å². The summed E-state index contributed by atoms with van der Waals surface area (Å²) in [5, 5.41) is 0. The van der Waals surface area contributed by atoms with E-state index in [1.165, 1.54) is 0 Å². The molecule has 2 aromatic heterocycles. The molecule has 0 bridgehead atoms. The monoisotopic (exact) mass is 186 g/mol. The second-order valence-corrected chi connectivity index (χ2v) is 3.10. The lowest BCUT2D eigenvalue weighted by molar-refractivity contribution is 0.112. The van der Waals surface area contributed by atoms with Crippen LogP contribution in [0.5, 0.6) is 0 Å². The molecule has 14 heavy (non-hydrogen) atoms. The van der Waals surface area contributed by atoms with Crippen LogP contribution in [0.2, 0.25) is 0 Å². The van der Waals surface area contributed by atoms with Gasteiger partial charge >= 0.3 is 0 Å². The van der Waals surface area contributed by atoms with Gasteiger partial charge in [-0.3, -0.25) is 9.78 Å². The van der Waals surface area contributed by atoms with E-state index in [1.807, 2.05) is 19.1 Å². The normalized spacial score (nSPS) is 10.1. The van der Waals surface area contributed by atoms with E-state index in [1.54, 1.807) is 18.6 Å². The van der Waals surface area contributed by atoms with Gasteiger partial charge in [0.15, 0.2) is 6.29 Å². The second-order valence-electron chi connectivity index (χ2n) is 3.10. The summed E-state index contributed by atoms with van der Waals surface area (Å²) >= 11 is 0. The Morgan fingerprint density at radius 2 is 2.07 bits per heavy atom. The molecule has 3 heteroatoms. The van der Waals surface area contributed by atoms with E-state index in [0.717, 1.165) is 23.1 Å². The highest BCUT2D eigenvalue weighted by atomic mass is 16.1. The van der Waals surface area contributed by atoms with E-state index in [0.29, 0.717) is 5.56 Å². The molecule has 0 spiro atoms. The van der Waals surface area contributed by atoms with E-state index in [-0.39, 0.29) is 0 Å². The number of carbonyl (C=O) groups is 1. The first-order chi connectivity index (χ1) is 6.83. The Morgan fingerprint density at radius 1 is 1.36 bits per heavy atom. The van der Waals surface area contributed by atoms with Gasteiger partial charge in [0.25, 0.3) is 0 Å². The van der Waals surface area contributed by atoms with Crippen molar-refractivity contribution in [1.82, 2.24) is 9.97 Å². The number of nitrogens with zero attached hydrogens (tertiary/aromatic N) is 1. The van der Waals surface area contributed by atoms with Gasteiger partial charge in [-0.2, -0.15) is 0 Å². The maximum absolute atomic E-state index is 10.6. The first kappa shape index (κ1) is 8.69. The maximum atomic E-state index is 10.6. The van der Waals surface area contributed by atoms with Crippen molar-refractivity contribution >= 4 is 6.29 Å². The Morgan fingerprint density at radius 3 is 2.64 bits per heavy atom. The number of nitrogens with one attached hydrogen (secondary N) is 1. The lowest BCUT2D eigenvalue weighted by Crippen LogP contribution is -1.83. The van der Waals surface area contributed by atoms with Gasteiger partial charge in [-0.15, -0.1) is 0 Å². The van der Waals surface area contributed by atoms with Gasteiger partial charge in [0, 0.05) is 35.4 Å². The third-order valence-corrected chi connectivity index (χ3v) is 2.28. The van der Waals surface area contributed by atoms with Crippen LogP contribution < -0.4 is 0 Å². The van der Waals surface area contributed by atoms with Crippen LogP contribution in [0.4, 0.5) is 0 Å². The molecule has 2 aromatic rings. The molecule has 0 fully saturated rings. The Hall–Kier alpha value is -1.90. The van der Waals surface area contributed by atoms with E-state index in [9.17, 15) is 4.79 Å². The quantitative estimate of drug-likeness (QED) is 0.731. The zero-order valence-electron chi connectivity index (χ0n) is 7.82. The van der Waals surface area contributed by atoms with E-state index < -0.39 is 0 Å². The molecule has 0 aromatic carbocycles. The van der Waals surface area contributed by atoms with Crippen molar-refractivity contribution in [3.63, 3.8) is 0 Å². The van der Waals surface area contributed by atoms with Crippen molar-refractivity contribution in [1.29, 1.82) is 0 Å². The van der Waals surface area contributed by atoms with Gasteiger partial charge in [-0.1, -0.05) is 0 Å². The third kappa shape index (κ3) is 1.33. The summed E-state index contributed by atoms with van der Waals surface area (Å²) in [6, 6.07) is 3.82. The fraction of sp³-hybridized carbons (Fsp3) is 0.0909. The predicted octanol–water partition coefficient (Wildman–Crippen LogP) is 2.20. The highest BCUT2D eigenvalue weighted by Crippen LogP contribution is 2.22. The van der Waals surface area contributed by atoms with E-state index >= 15 is 0 Å². The molecule has 70 valence electrons. The van der Waals surface area contributed by atoms with Gasteiger partial charge < -0.3 is 4.98 Å². The number of rotatable bonds is 2. The van der Waals surface area contributed by atoms with Gasteiger partial charge in [0.1, 0.15) is 0 Å². The molecule has 2 heterocycles. The summed E-state index contributed by atoms with van der Waals surface area (Å²) in [5.74, 6) is 0. The van der Waals surface area contributed by atoms with Crippen LogP contribution in [0.15, 0.2) is 30.7 Å². The van der Waals surface area contributed by atoms with Crippen molar-refractivity contribution in [2.24, 2.45) is 0 Å². The van der Waals surface area contributed by atoms with Gasteiger partial charge in [-0.25, -0.2) is 0 Å². The molecule has 0 aliphatic rings. The van der Waals surface area contributed by atoms with Gasteiger partial charge in [0.2, 0.25) is 0 Å². The van der Waals surface area contributed by atoms with Crippen LogP contribution in [-0.4, -0.2) is 16.3 Å². The summed E-state index contributed by atoms with van der Waals surface area (Å²) in [5.41, 5.74) is 3.71. The lowest BCUT2D eigenvalue weighted by atomic mass is 10.1. The molecule has 0 atom stereocenters. The minimum absolute atomic E-state index is 0.705. The zero-order valence-corrected chi connectivity index (χ0v) is 7.82. The molecule has 2 rings (SSSR count). The molecule has 0 radical (unpaired) electrons. The highest BCUT2D eigenvalue weighted by Gasteiger charge is 2.07. The topological polar surface area (TPSA) is 45.8 Å². The first-order valence-electron chi connectivity index (χ1n) is 4.36. The van der Waals surface area contributed by atoms with Crippen LogP contribution in [0.3, 0.4) is 0 Å². The molecule has 1 N–H and O–H groups in total. The molecular formula is C11H10N2O. The number of hydrogen-bond acceptors (Lipinski definition) is 2. The van der Waals surface area contributed by atoms with Crippen molar-refractivity contribution < 1.29 is 4.79 Å². The number of pyridine rings is 1. The molecule has 0 aliphatic heterocycles. The number of aldehydes is 1. The number of carbonyl (C=O) groups excluding carboxylic acids is 1. The van der Waals surface area contributed by atoms with Crippen molar-refractivity contribution in [2.75, 3.05) is 0 Å². The minimum Gasteiger partial charge on any atom is -0.360 e. The summed E-state index contributed by atoms with van der Waals surface area (Å²) in [4.78, 5) is 17.7. The van der Waals surface area contributed by atoms with E-state index in [4.69, 9.17) is 0 Å². The molecular weight excluding hydrogens is 176 g/mol. The minimum atomic E-state index is 0.705. The number of aromatic nitrogens is 2. The predicted molar refractivity (Wildman–Crippen MR) is 54.1 cm³/mol. The Labute approximate surface area is 81.8 Å². The smallest absolute Gasteiger partial charge is 0.151 e. The van der Waals surface area contributed by atoms with Crippen molar-refractivity contribution in [3.05, 3.63) is 41.9 Å². The Kier molecular flexibility index (Phi) is 2.14. The number of H-pyrrole nitrogens is 1. The molecule has 3 nitrogen and oxygen atoms in total. The van der Waals surface area contributed by atoms with Crippen LogP contribution in [0.1, 0.15) is 15.9 Å². The van der Waals surface area contributed by atoms with E-state index in [2.05, 4.69) is 9.97 Å². The number of aromatic amines is 1. The van der Waals surface area contributed by atoms with Crippen LogP contribution in [-0.2, 0) is 0 Å². The summed E-state index contributed by atoms with van der Waals surface area (Å²) in [6.45, 7) is 1.93. The summed E-state index contributed by atoms with van der Waals surface area (Å²) in [7, 11) is 0. The average Bonchev–Trinajstić information content (AvgIpc) is 2.61. The van der Waals surface area contributed by atoms with Crippen LogP contribution >= 0.6 is 0 Å². The standard InChI is InChI=1S/C11H10N2O/c1-8-10(7-14)6-13-11(8)9-2-4-12-5-3-9/h2-7,13H,1H3. The Balaban J connectivity index is 2.53. The van der Waals surface area contributed by atoms with Gasteiger partial charge in [0.05, 0.1) is 0 Å². The highest BCUT2D eigenvalue weighted by molar-refractivity contribution is 5.81. The third-order valence-electron chi connectivity index (χ3n) is 2.28. The summed E-state index contributed by atoms with van der Waals surface area (Å²) < 4.78 is 0. The molecule has 0 saturated carbocycles. The van der Waals surface area contributed by atoms with Crippen molar-refractivity contribution in [2.45, 2.75) is 6.92 Å². The second kappa shape index (κ2) is 3.46. The maximum Gasteiger partial charge on any atom is 0.151 e. The first-order valence-corrected chi connectivity index (χ1v) is 4.36. The SMILES string of the molecule is Cc1c(C=O)c[nH]c1-c1ccncc1. The zero-order chi connectivity index (χ0) is 9.97. The number of hydrogen-bond donors (Lipinski definition) is 1. The average molecular weight is 186 g/mol. The lowest BCUT2D eigenvalue weighted by Gasteiger charge is -1.98. The molecule has 0 saturated heterocycles. The molecule has 0 unspecified atom stereocenters. The fourth-order valence-electron chi connectivity index (χ4n) is 1.45. The Bertz CT molecular complexity index is 446.